The Morgan fingerprint density at radius 3 is 2.76 bits per heavy atom. The highest BCUT2D eigenvalue weighted by Gasteiger charge is 2.39. The van der Waals surface area contributed by atoms with E-state index in [-0.39, 0.29) is 5.56 Å². The van der Waals surface area contributed by atoms with Crippen molar-refractivity contribution in [3.05, 3.63) is 35.1 Å². The van der Waals surface area contributed by atoms with E-state index in [0.29, 0.717) is 18.4 Å². The molecule has 1 aromatic carbocycles. The molecule has 88 valence electrons. The molecule has 0 atom stereocenters. The summed E-state index contributed by atoms with van der Waals surface area (Å²) >= 11 is 0. The number of hydrogen-bond acceptors (Lipinski definition) is 2. The third-order valence-electron chi connectivity index (χ3n) is 3.21. The van der Waals surface area contributed by atoms with Gasteiger partial charge in [0.1, 0.15) is 11.4 Å². The molecule has 1 aliphatic rings. The molecular weight excluding hydrogens is 219 g/mol. The van der Waals surface area contributed by atoms with Crippen LogP contribution in [0.2, 0.25) is 0 Å². The second-order valence-electron chi connectivity index (χ2n) is 4.44. The molecule has 1 fully saturated rings. The van der Waals surface area contributed by atoms with Crippen molar-refractivity contribution in [1.82, 2.24) is 5.32 Å². The Bertz CT molecular complexity index is 501. The number of halogens is 1. The summed E-state index contributed by atoms with van der Waals surface area (Å²) in [5.74, 6) is -1.02. The number of aryl methyl sites for hydroxylation is 1. The highest BCUT2D eigenvalue weighted by Crippen LogP contribution is 2.31. The zero-order chi connectivity index (χ0) is 12.5. The molecule has 0 unspecified atom stereocenters. The molecule has 1 saturated carbocycles. The second-order valence-corrected chi connectivity index (χ2v) is 4.44. The Hall–Kier alpha value is -1.89. The first-order chi connectivity index (χ1) is 8.08. The van der Waals surface area contributed by atoms with Crippen molar-refractivity contribution in [2.45, 2.75) is 31.7 Å². The molecule has 0 aliphatic heterocycles. The lowest BCUT2D eigenvalue weighted by Gasteiger charge is -2.35. The number of amides is 1. The summed E-state index contributed by atoms with van der Waals surface area (Å²) in [6.45, 7) is 1.61. The molecule has 4 heteroatoms. The fourth-order valence-electron chi connectivity index (χ4n) is 1.90. The predicted octanol–water partition coefficient (Wildman–Crippen LogP) is 2.31. The molecular formula is C13H13FN2O. The van der Waals surface area contributed by atoms with Crippen molar-refractivity contribution in [3.8, 4) is 6.07 Å². The Kier molecular flexibility index (Phi) is 2.84. The molecule has 0 saturated heterocycles. The molecule has 1 aromatic rings. The zero-order valence-corrected chi connectivity index (χ0v) is 9.59. The third kappa shape index (κ3) is 2.01. The number of nitrogens with zero attached hydrogens (tertiary/aromatic N) is 1. The maximum absolute atomic E-state index is 13.7. The van der Waals surface area contributed by atoms with Gasteiger partial charge in [0, 0.05) is 0 Å². The summed E-state index contributed by atoms with van der Waals surface area (Å²) in [6.07, 6.45) is 2.20. The van der Waals surface area contributed by atoms with Crippen LogP contribution in [-0.4, -0.2) is 11.4 Å². The number of hydrogen-bond donors (Lipinski definition) is 1. The van der Waals surface area contributed by atoms with Gasteiger partial charge >= 0.3 is 0 Å². The zero-order valence-electron chi connectivity index (χ0n) is 9.59. The van der Waals surface area contributed by atoms with E-state index in [1.807, 2.05) is 0 Å². The van der Waals surface area contributed by atoms with Gasteiger partial charge in [0.2, 0.25) is 0 Å². The van der Waals surface area contributed by atoms with Crippen LogP contribution in [-0.2, 0) is 0 Å². The number of nitriles is 1. The number of rotatable bonds is 2. The highest BCUT2D eigenvalue weighted by molar-refractivity contribution is 5.95. The quantitative estimate of drug-likeness (QED) is 0.850. The molecule has 0 spiro atoms. The molecule has 2 rings (SSSR count). The fraction of sp³-hybridized carbons (Fsp3) is 0.385. The van der Waals surface area contributed by atoms with Gasteiger partial charge in [-0.05, 0) is 37.8 Å². The van der Waals surface area contributed by atoms with Crippen LogP contribution >= 0.6 is 0 Å². The molecule has 17 heavy (non-hydrogen) atoms. The molecule has 0 radical (unpaired) electrons. The predicted molar refractivity (Wildman–Crippen MR) is 60.8 cm³/mol. The van der Waals surface area contributed by atoms with Crippen LogP contribution in [0.25, 0.3) is 0 Å². The van der Waals surface area contributed by atoms with Crippen LogP contribution in [0.3, 0.4) is 0 Å². The summed E-state index contributed by atoms with van der Waals surface area (Å²) in [5, 5.41) is 11.6. The van der Waals surface area contributed by atoms with E-state index in [2.05, 4.69) is 11.4 Å². The van der Waals surface area contributed by atoms with Gasteiger partial charge in [0.15, 0.2) is 0 Å². The standard InChI is InChI=1S/C13H13FN2O/c1-9-4-2-5-10(11(9)14)12(17)16-13(8-15)6-3-7-13/h2,4-5H,3,6-7H2,1H3,(H,16,17). The van der Waals surface area contributed by atoms with Crippen molar-refractivity contribution in [2.24, 2.45) is 0 Å². The summed E-state index contributed by atoms with van der Waals surface area (Å²) in [6, 6.07) is 6.77. The smallest absolute Gasteiger partial charge is 0.255 e. The Labute approximate surface area is 99.2 Å². The summed E-state index contributed by atoms with van der Waals surface area (Å²) in [5.41, 5.74) is -0.350. The number of benzene rings is 1. The van der Waals surface area contributed by atoms with E-state index < -0.39 is 17.3 Å². The highest BCUT2D eigenvalue weighted by atomic mass is 19.1. The normalized spacial score (nSPS) is 16.8. The van der Waals surface area contributed by atoms with Crippen molar-refractivity contribution in [3.63, 3.8) is 0 Å². The van der Waals surface area contributed by atoms with Gasteiger partial charge in [0.05, 0.1) is 11.6 Å². The first-order valence-corrected chi connectivity index (χ1v) is 5.57. The number of nitrogens with one attached hydrogen (secondary N) is 1. The van der Waals surface area contributed by atoms with Gasteiger partial charge in [-0.2, -0.15) is 5.26 Å². The summed E-state index contributed by atoms with van der Waals surface area (Å²) in [4.78, 5) is 11.9. The van der Waals surface area contributed by atoms with E-state index >= 15 is 0 Å². The Morgan fingerprint density at radius 2 is 2.24 bits per heavy atom. The summed E-state index contributed by atoms with van der Waals surface area (Å²) in [7, 11) is 0. The van der Waals surface area contributed by atoms with Gasteiger partial charge in [-0.3, -0.25) is 4.79 Å². The van der Waals surface area contributed by atoms with E-state index in [1.54, 1.807) is 19.1 Å². The van der Waals surface area contributed by atoms with E-state index in [0.717, 1.165) is 6.42 Å². The molecule has 0 bridgehead atoms. The minimum absolute atomic E-state index is 0.00604. The van der Waals surface area contributed by atoms with E-state index in [9.17, 15) is 9.18 Å². The molecule has 0 aromatic heterocycles. The van der Waals surface area contributed by atoms with Crippen LogP contribution < -0.4 is 5.32 Å². The second kappa shape index (κ2) is 4.17. The van der Waals surface area contributed by atoms with E-state index in [1.165, 1.54) is 6.07 Å². The molecule has 1 N–H and O–H groups in total. The number of carbonyl (C=O) groups is 1. The largest absolute Gasteiger partial charge is 0.334 e. The maximum Gasteiger partial charge on any atom is 0.255 e. The van der Waals surface area contributed by atoms with Gasteiger partial charge in [0.25, 0.3) is 5.91 Å². The average Bonchev–Trinajstić information content (AvgIpc) is 2.27. The van der Waals surface area contributed by atoms with Crippen molar-refractivity contribution < 1.29 is 9.18 Å². The average molecular weight is 232 g/mol. The molecule has 3 nitrogen and oxygen atoms in total. The lowest BCUT2D eigenvalue weighted by Crippen LogP contribution is -2.52. The molecule has 1 amide bonds. The van der Waals surface area contributed by atoms with Crippen LogP contribution in [0.1, 0.15) is 35.2 Å². The fourth-order valence-corrected chi connectivity index (χ4v) is 1.90. The van der Waals surface area contributed by atoms with Crippen LogP contribution in [0.4, 0.5) is 4.39 Å². The minimum Gasteiger partial charge on any atom is -0.334 e. The van der Waals surface area contributed by atoms with E-state index in [4.69, 9.17) is 5.26 Å². The topological polar surface area (TPSA) is 52.9 Å². The molecule has 1 aliphatic carbocycles. The van der Waals surface area contributed by atoms with Crippen molar-refractivity contribution in [2.75, 3.05) is 0 Å². The lowest BCUT2D eigenvalue weighted by atomic mass is 9.78. The first kappa shape index (κ1) is 11.6. The van der Waals surface area contributed by atoms with Crippen LogP contribution in [0, 0.1) is 24.1 Å². The maximum atomic E-state index is 13.7. The van der Waals surface area contributed by atoms with Gasteiger partial charge in [-0.15, -0.1) is 0 Å². The van der Waals surface area contributed by atoms with Crippen LogP contribution in [0.5, 0.6) is 0 Å². The molecule has 0 heterocycles. The summed E-state index contributed by atoms with van der Waals surface area (Å²) < 4.78 is 13.7. The third-order valence-corrected chi connectivity index (χ3v) is 3.21. The van der Waals surface area contributed by atoms with Gasteiger partial charge in [-0.25, -0.2) is 4.39 Å². The van der Waals surface area contributed by atoms with Crippen molar-refractivity contribution >= 4 is 5.91 Å². The first-order valence-electron chi connectivity index (χ1n) is 5.57. The van der Waals surface area contributed by atoms with Crippen molar-refractivity contribution in [1.29, 1.82) is 5.26 Å². The Balaban J connectivity index is 2.21. The van der Waals surface area contributed by atoms with Crippen LogP contribution in [0.15, 0.2) is 18.2 Å². The van der Waals surface area contributed by atoms with Gasteiger partial charge < -0.3 is 5.32 Å². The lowest BCUT2D eigenvalue weighted by molar-refractivity contribution is 0.0877. The SMILES string of the molecule is Cc1cccc(C(=O)NC2(C#N)CCC2)c1F. The number of carbonyl (C=O) groups excluding carboxylic acids is 1. The minimum atomic E-state index is -0.784. The monoisotopic (exact) mass is 232 g/mol. The Morgan fingerprint density at radius 1 is 1.53 bits per heavy atom. The van der Waals surface area contributed by atoms with Gasteiger partial charge in [-0.1, -0.05) is 12.1 Å².